The number of carbonyl (C=O) groups is 1. The van der Waals surface area contributed by atoms with Crippen LogP contribution in [0.15, 0.2) is 40.3 Å². The van der Waals surface area contributed by atoms with E-state index >= 15 is 0 Å². The third-order valence-corrected chi connectivity index (χ3v) is 6.32. The summed E-state index contributed by atoms with van der Waals surface area (Å²) in [7, 11) is -3.25. The Kier molecular flexibility index (Phi) is 5.86. The van der Waals surface area contributed by atoms with E-state index in [9.17, 15) is 13.2 Å². The van der Waals surface area contributed by atoms with Gasteiger partial charge in [0.15, 0.2) is 0 Å². The Morgan fingerprint density at radius 1 is 1.41 bits per heavy atom. The number of rotatable bonds is 7. The van der Waals surface area contributed by atoms with Crippen LogP contribution in [0.1, 0.15) is 39.0 Å². The van der Waals surface area contributed by atoms with E-state index in [0.717, 1.165) is 37.8 Å². The number of hydrogen-bond donors (Lipinski definition) is 2. The van der Waals surface area contributed by atoms with Crippen LogP contribution in [-0.4, -0.2) is 50.2 Å². The molecule has 1 amide bonds. The second-order valence-corrected chi connectivity index (χ2v) is 9.38. The summed E-state index contributed by atoms with van der Waals surface area (Å²) < 4.78 is 25.0. The maximum Gasteiger partial charge on any atom is 0.255 e. The number of nitrogens with one attached hydrogen (secondary N) is 2. The Morgan fingerprint density at radius 3 is 2.78 bits per heavy atom. The summed E-state index contributed by atoms with van der Waals surface area (Å²) >= 11 is 0. The maximum atomic E-state index is 12.8. The van der Waals surface area contributed by atoms with Crippen LogP contribution >= 0.6 is 0 Å². The lowest BCUT2D eigenvalue weighted by Gasteiger charge is -2.31. The Balaban J connectivity index is 1.71. The summed E-state index contributed by atoms with van der Waals surface area (Å²) in [5.74, 6) is 0.281. The minimum absolute atomic E-state index is 0.203. The van der Waals surface area contributed by atoms with Crippen molar-refractivity contribution < 1.29 is 13.2 Å². The molecule has 0 aromatic carbocycles. The summed E-state index contributed by atoms with van der Waals surface area (Å²) in [5, 5.41) is 6.35. The lowest BCUT2D eigenvalue weighted by Crippen LogP contribution is -2.49. The van der Waals surface area contributed by atoms with Gasteiger partial charge in [0.25, 0.3) is 5.91 Å². The predicted octanol–water partition coefficient (Wildman–Crippen LogP) is 1.67. The highest BCUT2D eigenvalue weighted by atomic mass is 32.2. The molecular formula is C19H28N4O3S. The van der Waals surface area contributed by atoms with E-state index in [1.165, 1.54) is 16.8 Å². The highest BCUT2D eigenvalue weighted by Crippen LogP contribution is 2.36. The highest BCUT2D eigenvalue weighted by Gasteiger charge is 2.31. The second kappa shape index (κ2) is 7.98. The van der Waals surface area contributed by atoms with Gasteiger partial charge < -0.3 is 10.6 Å². The van der Waals surface area contributed by atoms with Gasteiger partial charge in [-0.05, 0) is 38.0 Å². The number of sulfonamides is 1. The van der Waals surface area contributed by atoms with Gasteiger partial charge in [0.2, 0.25) is 10.0 Å². The van der Waals surface area contributed by atoms with Crippen LogP contribution in [0.3, 0.4) is 0 Å². The van der Waals surface area contributed by atoms with Crippen LogP contribution in [0.2, 0.25) is 0 Å². The first kappa shape index (κ1) is 19.8. The first-order chi connectivity index (χ1) is 12.8. The zero-order chi connectivity index (χ0) is 19.6. The summed E-state index contributed by atoms with van der Waals surface area (Å²) in [4.78, 5) is 17.0. The van der Waals surface area contributed by atoms with Crippen molar-refractivity contribution in [3.05, 3.63) is 35.3 Å². The molecule has 1 saturated heterocycles. The largest absolute Gasteiger partial charge is 0.357 e. The van der Waals surface area contributed by atoms with Crippen molar-refractivity contribution in [1.29, 1.82) is 0 Å². The molecule has 1 aliphatic carbocycles. The standard InChI is InChI=1S/C19H28N4O3S/c1-4-6-17(14-8-9-14)22-18-13(2)20-11-16(18)19(24)21-15-7-5-10-23(12-15)27(3,25)26/h6,11,14-15,22H,2,4-5,7-10,12H2,1,3H3,(H,21,24)/b17-6-. The van der Waals surface area contributed by atoms with Gasteiger partial charge >= 0.3 is 0 Å². The quantitative estimate of drug-likeness (QED) is 0.690. The smallest absolute Gasteiger partial charge is 0.255 e. The molecule has 148 valence electrons. The fourth-order valence-electron chi connectivity index (χ4n) is 3.44. The zero-order valence-corrected chi connectivity index (χ0v) is 16.8. The average molecular weight is 393 g/mol. The van der Waals surface area contributed by atoms with Crippen molar-refractivity contribution in [2.24, 2.45) is 10.9 Å². The summed E-state index contributed by atoms with van der Waals surface area (Å²) in [6.45, 7) is 6.84. The van der Waals surface area contributed by atoms with Crippen molar-refractivity contribution in [2.45, 2.75) is 45.1 Å². The van der Waals surface area contributed by atoms with Gasteiger partial charge in [-0.25, -0.2) is 12.7 Å². The van der Waals surface area contributed by atoms with E-state index in [2.05, 4.69) is 35.2 Å². The first-order valence-electron chi connectivity index (χ1n) is 9.50. The van der Waals surface area contributed by atoms with Crippen molar-refractivity contribution in [3.8, 4) is 0 Å². The van der Waals surface area contributed by atoms with Gasteiger partial charge in [-0.1, -0.05) is 19.6 Å². The summed E-state index contributed by atoms with van der Waals surface area (Å²) in [5.41, 5.74) is 2.78. The van der Waals surface area contributed by atoms with E-state index < -0.39 is 10.0 Å². The molecule has 1 unspecified atom stereocenters. The summed E-state index contributed by atoms with van der Waals surface area (Å²) in [6, 6.07) is -0.203. The van der Waals surface area contributed by atoms with E-state index in [1.54, 1.807) is 0 Å². The van der Waals surface area contributed by atoms with E-state index in [0.29, 0.717) is 36.0 Å². The SMILES string of the molecule is C=C1N=CC(C(=O)NC2CCCN(S(C)(=O)=O)C2)=C1N/C(=C\CC)C1CC1. The van der Waals surface area contributed by atoms with Crippen molar-refractivity contribution in [2.75, 3.05) is 19.3 Å². The van der Waals surface area contributed by atoms with Crippen LogP contribution in [0, 0.1) is 5.92 Å². The molecule has 27 heavy (non-hydrogen) atoms. The molecule has 0 aromatic heterocycles. The van der Waals surface area contributed by atoms with Gasteiger partial charge in [0.05, 0.1) is 23.2 Å². The molecule has 3 aliphatic rings. The molecule has 2 fully saturated rings. The first-order valence-corrected chi connectivity index (χ1v) is 11.3. The number of nitrogens with zero attached hydrogens (tertiary/aromatic N) is 2. The molecular weight excluding hydrogens is 364 g/mol. The Labute approximate surface area is 161 Å². The molecule has 8 heteroatoms. The third-order valence-electron chi connectivity index (χ3n) is 5.05. The average Bonchev–Trinajstić information content (AvgIpc) is 3.38. The Bertz CT molecular complexity index is 822. The Hall–Kier alpha value is -1.93. The minimum atomic E-state index is -3.25. The maximum absolute atomic E-state index is 12.8. The Morgan fingerprint density at radius 2 is 2.15 bits per heavy atom. The molecule has 3 rings (SSSR count). The van der Waals surface area contributed by atoms with Crippen LogP contribution in [0.4, 0.5) is 0 Å². The molecule has 0 aromatic rings. The molecule has 1 atom stereocenters. The number of carbonyl (C=O) groups excluding carboxylic acids is 1. The van der Waals surface area contributed by atoms with Gasteiger partial charge in [-0.15, -0.1) is 0 Å². The molecule has 2 aliphatic heterocycles. The zero-order valence-electron chi connectivity index (χ0n) is 16.0. The molecule has 0 radical (unpaired) electrons. The number of hydrogen-bond acceptors (Lipinski definition) is 5. The monoisotopic (exact) mass is 392 g/mol. The lowest BCUT2D eigenvalue weighted by molar-refractivity contribution is -0.117. The second-order valence-electron chi connectivity index (χ2n) is 7.39. The van der Waals surface area contributed by atoms with E-state index in [4.69, 9.17) is 0 Å². The number of allylic oxidation sites excluding steroid dienone is 2. The van der Waals surface area contributed by atoms with Gasteiger partial charge in [-0.3, -0.25) is 9.79 Å². The number of piperidine rings is 1. The van der Waals surface area contributed by atoms with Gasteiger partial charge in [0, 0.05) is 31.0 Å². The van der Waals surface area contributed by atoms with E-state index in [-0.39, 0.29) is 11.9 Å². The van der Waals surface area contributed by atoms with Crippen LogP contribution in [0.25, 0.3) is 0 Å². The normalized spacial score (nSPS) is 24.4. The van der Waals surface area contributed by atoms with Crippen LogP contribution in [0.5, 0.6) is 0 Å². The van der Waals surface area contributed by atoms with Crippen molar-refractivity contribution in [1.82, 2.24) is 14.9 Å². The van der Waals surface area contributed by atoms with Gasteiger partial charge in [-0.2, -0.15) is 0 Å². The van der Waals surface area contributed by atoms with Crippen molar-refractivity contribution >= 4 is 22.1 Å². The predicted molar refractivity (Wildman–Crippen MR) is 106 cm³/mol. The summed E-state index contributed by atoms with van der Waals surface area (Å²) in [6.07, 6.45) is 9.61. The molecule has 2 heterocycles. The molecule has 0 spiro atoms. The molecule has 1 saturated carbocycles. The number of amides is 1. The molecule has 7 nitrogen and oxygen atoms in total. The fourth-order valence-corrected chi connectivity index (χ4v) is 4.35. The van der Waals surface area contributed by atoms with E-state index in [1.807, 2.05) is 0 Å². The molecule has 0 bridgehead atoms. The van der Waals surface area contributed by atoms with Crippen molar-refractivity contribution in [3.63, 3.8) is 0 Å². The highest BCUT2D eigenvalue weighted by molar-refractivity contribution is 7.88. The minimum Gasteiger partial charge on any atom is -0.357 e. The van der Waals surface area contributed by atoms with Crippen LogP contribution in [-0.2, 0) is 14.8 Å². The number of aliphatic imine (C=N–C) groups is 1. The van der Waals surface area contributed by atoms with Gasteiger partial charge in [0.1, 0.15) is 0 Å². The topological polar surface area (TPSA) is 90.9 Å². The molecule has 2 N–H and O–H groups in total. The van der Waals surface area contributed by atoms with Crippen LogP contribution < -0.4 is 10.6 Å². The third kappa shape index (κ3) is 4.87. The fraction of sp³-hybridized carbons (Fsp3) is 0.579. The lowest BCUT2D eigenvalue weighted by atomic mass is 10.1.